The minimum Gasteiger partial charge on any atom is -0.387 e. The van der Waals surface area contributed by atoms with Crippen LogP contribution in [0.3, 0.4) is 0 Å². The molecule has 162 valence electrons. The van der Waals surface area contributed by atoms with Gasteiger partial charge in [-0.05, 0) is 24.1 Å². The third-order valence-corrected chi connectivity index (χ3v) is 5.53. The molecule has 2 saturated heterocycles. The monoisotopic (exact) mass is 427 g/mol. The van der Waals surface area contributed by atoms with Gasteiger partial charge in [-0.2, -0.15) is 0 Å². The molecule has 9 nitrogen and oxygen atoms in total. The van der Waals surface area contributed by atoms with E-state index in [1.54, 1.807) is 28.9 Å². The number of ether oxygens (including phenoxy) is 2. The second kappa shape index (κ2) is 8.31. The van der Waals surface area contributed by atoms with Crippen LogP contribution in [0.15, 0.2) is 43.0 Å². The Morgan fingerprint density at radius 2 is 1.97 bits per heavy atom. The average molecular weight is 427 g/mol. The summed E-state index contributed by atoms with van der Waals surface area (Å²) >= 11 is 0. The third-order valence-electron chi connectivity index (χ3n) is 5.53. The van der Waals surface area contributed by atoms with Gasteiger partial charge in [0.2, 0.25) is 0 Å². The highest BCUT2D eigenvalue weighted by molar-refractivity contribution is 5.82. The van der Waals surface area contributed by atoms with Crippen molar-refractivity contribution >= 4 is 23.1 Å². The number of hydrogen-bond donors (Lipinski definition) is 3. The smallest absolute Gasteiger partial charge is 0.167 e. The van der Waals surface area contributed by atoms with Crippen LogP contribution < -0.4 is 5.32 Å². The Morgan fingerprint density at radius 3 is 2.74 bits per heavy atom. The van der Waals surface area contributed by atoms with Crippen LogP contribution in [0.1, 0.15) is 18.2 Å². The molecule has 2 fully saturated rings. The van der Waals surface area contributed by atoms with Gasteiger partial charge in [-0.25, -0.2) is 19.3 Å². The number of hydrogen-bond acceptors (Lipinski definition) is 8. The molecule has 3 aromatic rings. The zero-order valence-electron chi connectivity index (χ0n) is 16.5. The van der Waals surface area contributed by atoms with Gasteiger partial charge < -0.3 is 25.0 Å². The lowest BCUT2D eigenvalue weighted by Crippen LogP contribution is -2.30. The number of aromatic nitrogens is 4. The van der Waals surface area contributed by atoms with Gasteiger partial charge in [0.15, 0.2) is 23.2 Å². The molecule has 2 aliphatic heterocycles. The summed E-state index contributed by atoms with van der Waals surface area (Å²) in [4.78, 5) is 13.0. The topological polar surface area (TPSA) is 115 Å². The number of aliphatic hydroxyl groups is 2. The van der Waals surface area contributed by atoms with E-state index in [1.165, 1.54) is 24.8 Å². The number of rotatable bonds is 5. The van der Waals surface area contributed by atoms with Crippen LogP contribution in [0.5, 0.6) is 0 Å². The summed E-state index contributed by atoms with van der Waals surface area (Å²) in [5.74, 6) is 0.258. The zero-order valence-corrected chi connectivity index (χ0v) is 16.5. The number of anilines is 1. The van der Waals surface area contributed by atoms with E-state index in [4.69, 9.17) is 9.47 Å². The summed E-state index contributed by atoms with van der Waals surface area (Å²) in [6.07, 6.45) is 3.21. The number of fused-ring (bicyclic) bond motifs is 1. The highest BCUT2D eigenvalue weighted by Gasteiger charge is 2.43. The van der Waals surface area contributed by atoms with Crippen molar-refractivity contribution in [3.05, 3.63) is 54.4 Å². The van der Waals surface area contributed by atoms with Gasteiger partial charge in [0.05, 0.1) is 19.0 Å². The average Bonchev–Trinajstić information content (AvgIpc) is 3.50. The normalized spacial score (nSPS) is 28.7. The van der Waals surface area contributed by atoms with E-state index >= 15 is 0 Å². The van der Waals surface area contributed by atoms with Crippen molar-refractivity contribution in [1.29, 1.82) is 0 Å². The van der Waals surface area contributed by atoms with E-state index in [0.29, 0.717) is 30.2 Å². The molecule has 31 heavy (non-hydrogen) atoms. The Morgan fingerprint density at radius 1 is 1.13 bits per heavy atom. The summed E-state index contributed by atoms with van der Waals surface area (Å²) in [5, 5.41) is 24.4. The molecule has 5 rings (SSSR count). The van der Waals surface area contributed by atoms with E-state index in [0.717, 1.165) is 12.0 Å². The largest absolute Gasteiger partial charge is 0.387 e. The molecule has 4 heterocycles. The molecule has 0 radical (unpaired) electrons. The van der Waals surface area contributed by atoms with E-state index < -0.39 is 24.5 Å². The van der Waals surface area contributed by atoms with Gasteiger partial charge in [0.1, 0.15) is 30.5 Å². The minimum atomic E-state index is -1.19. The molecule has 2 aromatic heterocycles. The van der Waals surface area contributed by atoms with Crippen molar-refractivity contribution in [2.45, 2.75) is 37.0 Å². The summed E-state index contributed by atoms with van der Waals surface area (Å²) in [5.41, 5.74) is 1.78. The van der Waals surface area contributed by atoms with Gasteiger partial charge in [0.25, 0.3) is 0 Å². The number of benzene rings is 1. The highest BCUT2D eigenvalue weighted by Crippen LogP contribution is 2.33. The van der Waals surface area contributed by atoms with Gasteiger partial charge in [-0.1, -0.05) is 24.3 Å². The van der Waals surface area contributed by atoms with Crippen molar-refractivity contribution in [3.63, 3.8) is 0 Å². The van der Waals surface area contributed by atoms with Gasteiger partial charge in [-0.3, -0.25) is 4.57 Å². The first-order chi connectivity index (χ1) is 15.1. The molecule has 3 N–H and O–H groups in total. The predicted octanol–water partition coefficient (Wildman–Crippen LogP) is 1.50. The minimum absolute atomic E-state index is 0.152. The fourth-order valence-electron chi connectivity index (χ4n) is 3.84. The second-order valence-corrected chi connectivity index (χ2v) is 7.63. The van der Waals surface area contributed by atoms with Crippen LogP contribution in [-0.4, -0.2) is 67.3 Å². The quantitative estimate of drug-likeness (QED) is 0.561. The number of halogens is 1. The molecule has 1 aromatic carbocycles. The summed E-state index contributed by atoms with van der Waals surface area (Å²) in [6, 6.07) is 6.09. The summed E-state index contributed by atoms with van der Waals surface area (Å²) < 4.78 is 26.0. The van der Waals surface area contributed by atoms with Crippen molar-refractivity contribution in [2.75, 3.05) is 18.5 Å². The molecule has 5 atom stereocenters. The Bertz CT molecular complexity index is 1080. The zero-order chi connectivity index (χ0) is 21.4. The van der Waals surface area contributed by atoms with E-state index in [9.17, 15) is 14.6 Å². The van der Waals surface area contributed by atoms with Crippen LogP contribution in [0.2, 0.25) is 0 Å². The van der Waals surface area contributed by atoms with E-state index in [1.807, 2.05) is 0 Å². The van der Waals surface area contributed by atoms with Gasteiger partial charge in [-0.15, -0.1) is 0 Å². The van der Waals surface area contributed by atoms with Gasteiger partial charge >= 0.3 is 0 Å². The van der Waals surface area contributed by atoms with Crippen molar-refractivity contribution < 1.29 is 24.1 Å². The molecule has 2 aliphatic rings. The van der Waals surface area contributed by atoms with Gasteiger partial charge in [0, 0.05) is 6.61 Å². The van der Waals surface area contributed by atoms with Crippen molar-refractivity contribution in [1.82, 2.24) is 19.5 Å². The molecule has 0 saturated carbocycles. The first kappa shape index (κ1) is 20.0. The fourth-order valence-corrected chi connectivity index (χ4v) is 3.84. The highest BCUT2D eigenvalue weighted by atomic mass is 19.1. The van der Waals surface area contributed by atoms with Crippen molar-refractivity contribution in [2.24, 2.45) is 0 Å². The maximum Gasteiger partial charge on any atom is 0.167 e. The number of nitrogens with one attached hydrogen (secondary N) is 1. The molecule has 0 bridgehead atoms. The standard InChI is InChI=1S/C21H22FN5O4/c22-13-4-1-12(2-5-13)3-6-15-17(28)18(29)21(31-15)27-11-25-16-19(23-10-24-20(16)27)26-14-7-8-30-9-14/h1-6,10-11,14-15,17-18,21,28-29H,7-9H2,(H,23,24,26)/b6-3+. The van der Waals surface area contributed by atoms with E-state index in [2.05, 4.69) is 20.3 Å². The number of nitrogens with zero attached hydrogens (tertiary/aromatic N) is 4. The molecular weight excluding hydrogens is 405 g/mol. The summed E-state index contributed by atoms with van der Waals surface area (Å²) in [6.45, 7) is 1.30. The third kappa shape index (κ3) is 3.90. The lowest BCUT2D eigenvalue weighted by molar-refractivity contribution is -0.0243. The Labute approximate surface area is 177 Å². The molecule has 0 spiro atoms. The number of aliphatic hydroxyl groups excluding tert-OH is 2. The maximum absolute atomic E-state index is 13.1. The van der Waals surface area contributed by atoms with Crippen molar-refractivity contribution in [3.8, 4) is 0 Å². The molecular formula is C21H22FN5O4. The Kier molecular flexibility index (Phi) is 5.36. The van der Waals surface area contributed by atoms with Crippen LogP contribution in [0, 0.1) is 5.82 Å². The van der Waals surface area contributed by atoms with Crippen LogP contribution in [0.25, 0.3) is 17.2 Å². The molecule has 5 unspecified atom stereocenters. The molecule has 0 amide bonds. The van der Waals surface area contributed by atoms with Crippen LogP contribution in [0.4, 0.5) is 10.2 Å². The summed E-state index contributed by atoms with van der Waals surface area (Å²) in [7, 11) is 0. The number of imidazole rings is 1. The molecule has 10 heteroatoms. The molecule has 0 aliphatic carbocycles. The second-order valence-electron chi connectivity index (χ2n) is 7.63. The van der Waals surface area contributed by atoms with E-state index in [-0.39, 0.29) is 11.9 Å². The first-order valence-electron chi connectivity index (χ1n) is 10.1. The fraction of sp³-hybridized carbons (Fsp3) is 0.381. The van der Waals surface area contributed by atoms with Crippen LogP contribution >= 0.6 is 0 Å². The SMILES string of the molecule is OC1C(/C=C/c2ccc(F)cc2)OC(n2cnc3c(NC4CCOC4)ncnc32)C1O. The first-order valence-corrected chi connectivity index (χ1v) is 10.1. The van der Waals surface area contributed by atoms with Crippen LogP contribution in [-0.2, 0) is 9.47 Å². The Hall–Kier alpha value is -2.92. The maximum atomic E-state index is 13.1. The lowest BCUT2D eigenvalue weighted by Gasteiger charge is -2.16. The Balaban J connectivity index is 1.37. The predicted molar refractivity (Wildman–Crippen MR) is 110 cm³/mol. The lowest BCUT2D eigenvalue weighted by atomic mass is 10.1.